The summed E-state index contributed by atoms with van der Waals surface area (Å²) in [5.41, 5.74) is 0.237. The normalized spacial score (nSPS) is 20.2. The van der Waals surface area contributed by atoms with Gasteiger partial charge in [-0.15, -0.1) is 0 Å². The summed E-state index contributed by atoms with van der Waals surface area (Å²) in [6.07, 6.45) is 8.46. The maximum Gasteiger partial charge on any atom is 0.0249 e. The first kappa shape index (κ1) is 13.0. The highest BCUT2D eigenvalue weighted by atomic mass is 15.0. The third-order valence-corrected chi connectivity index (χ3v) is 3.34. The van der Waals surface area contributed by atoms with Crippen LogP contribution < -0.4 is 10.6 Å². The third-order valence-electron chi connectivity index (χ3n) is 3.34. The Bertz CT molecular complexity index is 158. The monoisotopic (exact) mass is 212 g/mol. The van der Waals surface area contributed by atoms with Crippen LogP contribution in [0.1, 0.15) is 59.3 Å². The first-order valence-electron chi connectivity index (χ1n) is 6.62. The van der Waals surface area contributed by atoms with Gasteiger partial charge < -0.3 is 10.6 Å². The maximum atomic E-state index is 3.72. The predicted molar refractivity (Wildman–Crippen MR) is 67.2 cm³/mol. The molecule has 1 saturated carbocycles. The molecular weight excluding hydrogens is 184 g/mol. The Kier molecular flexibility index (Phi) is 5.62. The molecule has 0 aromatic carbocycles. The van der Waals surface area contributed by atoms with E-state index in [1.165, 1.54) is 38.5 Å². The number of hydrogen-bond acceptors (Lipinski definition) is 2. The number of hydrogen-bond donors (Lipinski definition) is 2. The Balaban J connectivity index is 2.22. The van der Waals surface area contributed by atoms with Gasteiger partial charge in [-0.1, -0.05) is 32.6 Å². The van der Waals surface area contributed by atoms with Crippen LogP contribution in [0.5, 0.6) is 0 Å². The van der Waals surface area contributed by atoms with Crippen LogP contribution in [0, 0.1) is 0 Å². The van der Waals surface area contributed by atoms with Gasteiger partial charge in [0.05, 0.1) is 0 Å². The van der Waals surface area contributed by atoms with Crippen LogP contribution in [0.15, 0.2) is 0 Å². The Morgan fingerprint density at radius 1 is 1.07 bits per heavy atom. The van der Waals surface area contributed by atoms with Crippen LogP contribution in [0.2, 0.25) is 0 Å². The molecule has 0 saturated heterocycles. The van der Waals surface area contributed by atoms with Gasteiger partial charge in [0.1, 0.15) is 0 Å². The molecule has 0 spiro atoms. The summed E-state index contributed by atoms with van der Waals surface area (Å²) < 4.78 is 0. The lowest BCUT2D eigenvalue weighted by Crippen LogP contribution is -2.49. The second-order valence-electron chi connectivity index (χ2n) is 5.48. The number of nitrogens with one attached hydrogen (secondary N) is 2. The first-order valence-corrected chi connectivity index (χ1v) is 6.62. The molecule has 90 valence electrons. The van der Waals surface area contributed by atoms with E-state index in [2.05, 4.69) is 31.4 Å². The molecule has 0 amide bonds. The molecule has 0 aromatic heterocycles. The van der Waals surface area contributed by atoms with Crippen molar-refractivity contribution in [3.8, 4) is 0 Å². The average Bonchev–Trinajstić information content (AvgIpc) is 2.43. The Labute approximate surface area is 95.2 Å². The zero-order chi connectivity index (χ0) is 11.1. The molecule has 0 unspecified atom stereocenters. The standard InChI is InChI=1S/C13H28N2/c1-4-15-13(2,3)11-14-12-9-7-5-6-8-10-12/h12,14-15H,4-11H2,1-3H3. The molecule has 15 heavy (non-hydrogen) atoms. The van der Waals surface area contributed by atoms with Crippen molar-refractivity contribution in [2.45, 2.75) is 70.9 Å². The summed E-state index contributed by atoms with van der Waals surface area (Å²) >= 11 is 0. The molecular formula is C13H28N2. The molecule has 0 radical (unpaired) electrons. The number of likely N-dealkylation sites (N-methyl/N-ethyl adjacent to an activating group) is 1. The van der Waals surface area contributed by atoms with E-state index < -0.39 is 0 Å². The lowest BCUT2D eigenvalue weighted by atomic mass is 10.0. The zero-order valence-corrected chi connectivity index (χ0v) is 10.7. The molecule has 0 atom stereocenters. The van der Waals surface area contributed by atoms with Gasteiger partial charge in [-0.3, -0.25) is 0 Å². The van der Waals surface area contributed by atoms with Crippen molar-refractivity contribution >= 4 is 0 Å². The minimum absolute atomic E-state index is 0.237. The Morgan fingerprint density at radius 2 is 1.67 bits per heavy atom. The van der Waals surface area contributed by atoms with Gasteiger partial charge in [-0.25, -0.2) is 0 Å². The van der Waals surface area contributed by atoms with Crippen LogP contribution in [0.3, 0.4) is 0 Å². The third kappa shape index (κ3) is 5.53. The Morgan fingerprint density at radius 3 is 2.20 bits per heavy atom. The van der Waals surface area contributed by atoms with Gasteiger partial charge in [0, 0.05) is 18.1 Å². The van der Waals surface area contributed by atoms with Crippen LogP contribution >= 0.6 is 0 Å². The molecule has 1 aliphatic carbocycles. The highest BCUT2D eigenvalue weighted by Crippen LogP contribution is 2.17. The highest BCUT2D eigenvalue weighted by molar-refractivity contribution is 4.82. The first-order chi connectivity index (χ1) is 7.14. The average molecular weight is 212 g/mol. The van der Waals surface area contributed by atoms with E-state index in [1.54, 1.807) is 0 Å². The summed E-state index contributed by atoms with van der Waals surface area (Å²) in [6.45, 7) is 8.87. The SMILES string of the molecule is CCNC(C)(C)CNC1CCCCCC1. The molecule has 0 aliphatic heterocycles. The van der Waals surface area contributed by atoms with Gasteiger partial charge in [-0.05, 0) is 33.2 Å². The summed E-state index contributed by atoms with van der Waals surface area (Å²) in [5.74, 6) is 0. The molecule has 2 N–H and O–H groups in total. The molecule has 0 bridgehead atoms. The van der Waals surface area contributed by atoms with Crippen molar-refractivity contribution in [3.05, 3.63) is 0 Å². The van der Waals surface area contributed by atoms with Crippen molar-refractivity contribution in [3.63, 3.8) is 0 Å². The lowest BCUT2D eigenvalue weighted by molar-refractivity contribution is 0.338. The second-order valence-corrected chi connectivity index (χ2v) is 5.48. The fraction of sp³-hybridized carbons (Fsp3) is 1.00. The smallest absolute Gasteiger partial charge is 0.0249 e. The van der Waals surface area contributed by atoms with Crippen molar-refractivity contribution in [1.29, 1.82) is 0 Å². The summed E-state index contributed by atoms with van der Waals surface area (Å²) in [6, 6.07) is 0.769. The summed E-state index contributed by atoms with van der Waals surface area (Å²) in [4.78, 5) is 0. The van der Waals surface area contributed by atoms with E-state index in [0.29, 0.717) is 0 Å². The number of rotatable bonds is 5. The second kappa shape index (κ2) is 6.49. The Hall–Kier alpha value is -0.0800. The van der Waals surface area contributed by atoms with Gasteiger partial charge in [-0.2, -0.15) is 0 Å². The lowest BCUT2D eigenvalue weighted by Gasteiger charge is -2.29. The van der Waals surface area contributed by atoms with E-state index in [9.17, 15) is 0 Å². The summed E-state index contributed by atoms with van der Waals surface area (Å²) in [5, 5.41) is 7.24. The van der Waals surface area contributed by atoms with Crippen LogP contribution in [0.25, 0.3) is 0 Å². The van der Waals surface area contributed by atoms with E-state index in [4.69, 9.17) is 0 Å². The van der Waals surface area contributed by atoms with Crippen molar-refractivity contribution < 1.29 is 0 Å². The van der Waals surface area contributed by atoms with Crippen molar-refractivity contribution in [2.24, 2.45) is 0 Å². The molecule has 2 nitrogen and oxygen atoms in total. The fourth-order valence-electron chi connectivity index (χ4n) is 2.42. The topological polar surface area (TPSA) is 24.1 Å². The van der Waals surface area contributed by atoms with Crippen LogP contribution in [-0.4, -0.2) is 24.7 Å². The van der Waals surface area contributed by atoms with Crippen molar-refractivity contribution in [2.75, 3.05) is 13.1 Å². The van der Waals surface area contributed by atoms with Crippen LogP contribution in [-0.2, 0) is 0 Å². The van der Waals surface area contributed by atoms with Gasteiger partial charge in [0.25, 0.3) is 0 Å². The summed E-state index contributed by atoms with van der Waals surface area (Å²) in [7, 11) is 0. The fourth-order valence-corrected chi connectivity index (χ4v) is 2.42. The maximum absolute atomic E-state index is 3.72. The molecule has 2 heteroatoms. The molecule has 0 heterocycles. The highest BCUT2D eigenvalue weighted by Gasteiger charge is 2.18. The van der Waals surface area contributed by atoms with Gasteiger partial charge in [0.15, 0.2) is 0 Å². The quantitative estimate of drug-likeness (QED) is 0.685. The van der Waals surface area contributed by atoms with E-state index in [1.807, 2.05) is 0 Å². The van der Waals surface area contributed by atoms with Crippen molar-refractivity contribution in [1.82, 2.24) is 10.6 Å². The van der Waals surface area contributed by atoms with Gasteiger partial charge in [0.2, 0.25) is 0 Å². The molecule has 1 rings (SSSR count). The molecule has 1 aliphatic rings. The van der Waals surface area contributed by atoms with Crippen LogP contribution in [0.4, 0.5) is 0 Å². The molecule has 1 fully saturated rings. The zero-order valence-electron chi connectivity index (χ0n) is 10.7. The van der Waals surface area contributed by atoms with Gasteiger partial charge >= 0.3 is 0 Å². The largest absolute Gasteiger partial charge is 0.312 e. The predicted octanol–water partition coefficient (Wildman–Crippen LogP) is 2.69. The minimum Gasteiger partial charge on any atom is -0.312 e. The van der Waals surface area contributed by atoms with E-state index in [-0.39, 0.29) is 5.54 Å². The minimum atomic E-state index is 0.237. The van der Waals surface area contributed by atoms with E-state index >= 15 is 0 Å². The van der Waals surface area contributed by atoms with E-state index in [0.717, 1.165) is 19.1 Å². The molecule has 0 aromatic rings.